The number of nitrogens with zero attached hydrogens (tertiary/aromatic N) is 1. The van der Waals surface area contributed by atoms with Crippen molar-refractivity contribution in [2.45, 2.75) is 52.1 Å². The summed E-state index contributed by atoms with van der Waals surface area (Å²) >= 11 is 0. The first-order valence-electron chi connectivity index (χ1n) is 6.84. The lowest BCUT2D eigenvalue weighted by Gasteiger charge is -2.30. The molecule has 0 spiro atoms. The van der Waals surface area contributed by atoms with Crippen molar-refractivity contribution in [1.29, 1.82) is 0 Å². The van der Waals surface area contributed by atoms with Crippen LogP contribution in [0.2, 0.25) is 0 Å². The number of aliphatic hydroxyl groups excluding tert-OH is 1. The molecule has 1 unspecified atom stereocenters. The van der Waals surface area contributed by atoms with Crippen molar-refractivity contribution >= 4 is 0 Å². The second-order valence-corrected chi connectivity index (χ2v) is 5.37. The van der Waals surface area contributed by atoms with E-state index in [1.54, 1.807) is 6.20 Å². The van der Waals surface area contributed by atoms with E-state index in [2.05, 4.69) is 24.9 Å². The summed E-state index contributed by atoms with van der Waals surface area (Å²) in [5.74, 6) is 1.24. The van der Waals surface area contributed by atoms with Crippen molar-refractivity contribution in [3.05, 3.63) is 29.6 Å². The molecule has 0 bridgehead atoms. The molecule has 0 amide bonds. The number of hydrogen-bond acceptors (Lipinski definition) is 2. The first-order chi connectivity index (χ1) is 8.22. The Morgan fingerprint density at radius 1 is 1.35 bits per heavy atom. The fourth-order valence-corrected chi connectivity index (χ4v) is 2.84. The van der Waals surface area contributed by atoms with Crippen LogP contribution in [-0.2, 0) is 6.42 Å². The molecule has 0 aromatic carbocycles. The van der Waals surface area contributed by atoms with Crippen LogP contribution in [0.3, 0.4) is 0 Å². The Morgan fingerprint density at radius 2 is 2.06 bits per heavy atom. The van der Waals surface area contributed by atoms with Gasteiger partial charge in [-0.05, 0) is 42.7 Å². The maximum atomic E-state index is 10.5. The largest absolute Gasteiger partial charge is 0.387 e. The van der Waals surface area contributed by atoms with Crippen molar-refractivity contribution in [1.82, 2.24) is 4.98 Å². The van der Waals surface area contributed by atoms with Gasteiger partial charge in [0.05, 0.1) is 11.8 Å². The molecule has 0 aliphatic heterocycles. The van der Waals surface area contributed by atoms with Crippen LogP contribution in [0.25, 0.3) is 0 Å². The van der Waals surface area contributed by atoms with Gasteiger partial charge in [0.25, 0.3) is 0 Å². The maximum Gasteiger partial charge on any atom is 0.0990 e. The van der Waals surface area contributed by atoms with Gasteiger partial charge in [-0.1, -0.05) is 32.8 Å². The van der Waals surface area contributed by atoms with E-state index in [0.717, 1.165) is 30.9 Å². The Hall–Kier alpha value is -0.890. The second kappa shape index (κ2) is 5.63. The molecular weight excluding hydrogens is 210 g/mol. The molecule has 1 heterocycles. The molecule has 2 rings (SSSR count). The summed E-state index contributed by atoms with van der Waals surface area (Å²) < 4.78 is 0. The highest BCUT2D eigenvalue weighted by Crippen LogP contribution is 2.36. The van der Waals surface area contributed by atoms with Crippen molar-refractivity contribution in [2.75, 3.05) is 0 Å². The number of aryl methyl sites for hydroxylation is 1. The zero-order valence-corrected chi connectivity index (χ0v) is 10.9. The van der Waals surface area contributed by atoms with E-state index in [-0.39, 0.29) is 6.10 Å². The van der Waals surface area contributed by atoms with Gasteiger partial charge in [0.15, 0.2) is 0 Å². The van der Waals surface area contributed by atoms with E-state index in [4.69, 9.17) is 0 Å². The maximum absolute atomic E-state index is 10.5. The molecule has 2 nitrogen and oxygen atoms in total. The van der Waals surface area contributed by atoms with Crippen molar-refractivity contribution in [2.24, 2.45) is 11.8 Å². The molecule has 1 aliphatic carbocycles. The molecule has 1 aromatic heterocycles. The fourth-order valence-electron chi connectivity index (χ4n) is 2.84. The van der Waals surface area contributed by atoms with Gasteiger partial charge in [-0.2, -0.15) is 0 Å². The molecule has 94 valence electrons. The smallest absolute Gasteiger partial charge is 0.0990 e. The van der Waals surface area contributed by atoms with Crippen LogP contribution in [0.4, 0.5) is 0 Å². The van der Waals surface area contributed by atoms with Crippen LogP contribution < -0.4 is 0 Å². The summed E-state index contributed by atoms with van der Waals surface area (Å²) in [6.07, 6.45) is 7.15. The zero-order chi connectivity index (χ0) is 12.3. The monoisotopic (exact) mass is 233 g/mol. The van der Waals surface area contributed by atoms with Gasteiger partial charge in [-0.15, -0.1) is 0 Å². The molecule has 1 N–H and O–H groups in total. The molecule has 1 aromatic rings. The lowest BCUT2D eigenvalue weighted by Crippen LogP contribution is -2.21. The quantitative estimate of drug-likeness (QED) is 0.866. The summed E-state index contributed by atoms with van der Waals surface area (Å²) in [6, 6.07) is 4.04. The van der Waals surface area contributed by atoms with Crippen LogP contribution >= 0.6 is 0 Å². The van der Waals surface area contributed by atoms with Gasteiger partial charge in [0, 0.05) is 6.20 Å². The molecule has 1 atom stereocenters. The van der Waals surface area contributed by atoms with Crippen LogP contribution in [0.1, 0.15) is 56.9 Å². The van der Waals surface area contributed by atoms with Gasteiger partial charge in [-0.25, -0.2) is 0 Å². The normalized spacial score (nSPS) is 26.8. The molecule has 1 fully saturated rings. The Bertz CT molecular complexity index is 356. The highest BCUT2D eigenvalue weighted by Gasteiger charge is 2.27. The van der Waals surface area contributed by atoms with Crippen molar-refractivity contribution in [3.8, 4) is 0 Å². The molecule has 2 heteroatoms. The minimum absolute atomic E-state index is 0.362. The average Bonchev–Trinajstić information content (AvgIpc) is 2.39. The minimum Gasteiger partial charge on any atom is -0.387 e. The summed E-state index contributed by atoms with van der Waals surface area (Å²) in [5, 5.41) is 10.5. The van der Waals surface area contributed by atoms with Crippen molar-refractivity contribution in [3.63, 3.8) is 0 Å². The van der Waals surface area contributed by atoms with Gasteiger partial charge < -0.3 is 5.11 Å². The number of aliphatic hydroxyl groups is 1. The van der Waals surface area contributed by atoms with E-state index < -0.39 is 0 Å². The van der Waals surface area contributed by atoms with E-state index >= 15 is 0 Å². The molecule has 17 heavy (non-hydrogen) atoms. The highest BCUT2D eigenvalue weighted by atomic mass is 16.3. The average molecular weight is 233 g/mol. The first kappa shape index (κ1) is 12.6. The lowest BCUT2D eigenvalue weighted by molar-refractivity contribution is 0.0714. The molecule has 1 saturated carbocycles. The molecular formula is C15H23NO. The lowest BCUT2D eigenvalue weighted by atomic mass is 9.79. The topological polar surface area (TPSA) is 33.1 Å². The van der Waals surface area contributed by atoms with E-state index in [0.29, 0.717) is 5.92 Å². The number of rotatable bonds is 3. The van der Waals surface area contributed by atoms with E-state index in [9.17, 15) is 5.11 Å². The Labute approximate surface area is 104 Å². The van der Waals surface area contributed by atoms with Crippen molar-refractivity contribution < 1.29 is 5.11 Å². The van der Waals surface area contributed by atoms with Gasteiger partial charge in [0.1, 0.15) is 0 Å². The number of pyridine rings is 1. The van der Waals surface area contributed by atoms with Gasteiger partial charge in [0.2, 0.25) is 0 Å². The van der Waals surface area contributed by atoms with Crippen LogP contribution in [0.5, 0.6) is 0 Å². The van der Waals surface area contributed by atoms with Crippen LogP contribution in [-0.4, -0.2) is 10.1 Å². The van der Waals surface area contributed by atoms with Gasteiger partial charge >= 0.3 is 0 Å². The second-order valence-electron chi connectivity index (χ2n) is 5.37. The third kappa shape index (κ3) is 2.86. The standard InChI is InChI=1S/C15H23NO/c1-3-12-5-4-10-16-14(12)15(17)13-8-6-11(2)7-9-13/h4-5,10-11,13,15,17H,3,6-9H2,1-2H3. The van der Waals surface area contributed by atoms with E-state index in [1.165, 1.54) is 18.4 Å². The molecule has 1 aliphatic rings. The highest BCUT2D eigenvalue weighted by molar-refractivity contribution is 5.22. The third-order valence-electron chi connectivity index (χ3n) is 4.09. The van der Waals surface area contributed by atoms with E-state index in [1.807, 2.05) is 6.07 Å². The first-order valence-corrected chi connectivity index (χ1v) is 6.84. The Balaban J connectivity index is 2.10. The summed E-state index contributed by atoms with van der Waals surface area (Å²) in [6.45, 7) is 4.43. The Morgan fingerprint density at radius 3 is 2.71 bits per heavy atom. The predicted molar refractivity (Wildman–Crippen MR) is 69.7 cm³/mol. The summed E-state index contributed by atoms with van der Waals surface area (Å²) in [4.78, 5) is 4.39. The Kier molecular flexibility index (Phi) is 4.16. The molecule has 0 radical (unpaired) electrons. The third-order valence-corrected chi connectivity index (χ3v) is 4.09. The SMILES string of the molecule is CCc1cccnc1C(O)C1CCC(C)CC1. The predicted octanol–water partition coefficient (Wildman–Crippen LogP) is 3.50. The summed E-state index contributed by atoms with van der Waals surface area (Å²) in [7, 11) is 0. The van der Waals surface area contributed by atoms with Crippen LogP contribution in [0, 0.1) is 11.8 Å². The van der Waals surface area contributed by atoms with Gasteiger partial charge in [-0.3, -0.25) is 4.98 Å². The zero-order valence-electron chi connectivity index (χ0n) is 10.9. The molecule has 0 saturated heterocycles. The number of aromatic nitrogens is 1. The summed E-state index contributed by atoms with van der Waals surface area (Å²) in [5.41, 5.74) is 2.10. The fraction of sp³-hybridized carbons (Fsp3) is 0.667. The minimum atomic E-state index is -0.362. The van der Waals surface area contributed by atoms with Crippen LogP contribution in [0.15, 0.2) is 18.3 Å². The number of hydrogen-bond donors (Lipinski definition) is 1.